The SMILES string of the molecule is Cc1nc2ccccc2c2c1Cc1c-2ccc2ccc3ccccc3c12. The fourth-order valence-corrected chi connectivity index (χ4v) is 4.67. The number of rotatable bonds is 0. The molecule has 26 heavy (non-hydrogen) atoms. The van der Waals surface area contributed by atoms with Gasteiger partial charge in [0.25, 0.3) is 0 Å². The molecule has 0 aliphatic heterocycles. The molecular weight excluding hydrogens is 314 g/mol. The summed E-state index contributed by atoms with van der Waals surface area (Å²) < 4.78 is 0. The Morgan fingerprint density at radius 2 is 1.42 bits per heavy atom. The van der Waals surface area contributed by atoms with E-state index in [0.29, 0.717) is 0 Å². The van der Waals surface area contributed by atoms with Crippen molar-refractivity contribution in [2.45, 2.75) is 13.3 Å². The smallest absolute Gasteiger partial charge is 0.0711 e. The van der Waals surface area contributed by atoms with Gasteiger partial charge in [0.05, 0.1) is 5.52 Å². The van der Waals surface area contributed by atoms with Crippen LogP contribution in [-0.2, 0) is 6.42 Å². The molecule has 6 rings (SSSR count). The van der Waals surface area contributed by atoms with Crippen molar-refractivity contribution in [2.75, 3.05) is 0 Å². The third-order valence-electron chi connectivity index (χ3n) is 5.84. The maximum Gasteiger partial charge on any atom is 0.0711 e. The molecule has 1 nitrogen and oxygen atoms in total. The molecule has 0 saturated heterocycles. The summed E-state index contributed by atoms with van der Waals surface area (Å²) in [5, 5.41) is 6.66. The highest BCUT2D eigenvalue weighted by atomic mass is 14.7. The van der Waals surface area contributed by atoms with Crippen LogP contribution in [0.5, 0.6) is 0 Å². The molecule has 5 aromatic rings. The van der Waals surface area contributed by atoms with Gasteiger partial charge in [-0.05, 0) is 56.8 Å². The zero-order chi connectivity index (χ0) is 17.3. The highest BCUT2D eigenvalue weighted by Gasteiger charge is 2.25. The molecule has 0 bridgehead atoms. The first-order chi connectivity index (χ1) is 12.8. The van der Waals surface area contributed by atoms with Crippen LogP contribution >= 0.6 is 0 Å². The van der Waals surface area contributed by atoms with Gasteiger partial charge in [0.2, 0.25) is 0 Å². The topological polar surface area (TPSA) is 12.9 Å². The van der Waals surface area contributed by atoms with Crippen LogP contribution < -0.4 is 0 Å². The molecule has 1 aromatic heterocycles. The number of fused-ring (bicyclic) bond motifs is 9. The van der Waals surface area contributed by atoms with E-state index in [-0.39, 0.29) is 0 Å². The first kappa shape index (κ1) is 14.0. The number of hydrogen-bond donors (Lipinski definition) is 0. The minimum atomic E-state index is 0.972. The van der Waals surface area contributed by atoms with Gasteiger partial charge in [-0.1, -0.05) is 66.7 Å². The lowest BCUT2D eigenvalue weighted by Gasteiger charge is -2.10. The summed E-state index contributed by atoms with van der Waals surface area (Å²) in [6.07, 6.45) is 0.972. The monoisotopic (exact) mass is 331 g/mol. The third kappa shape index (κ3) is 1.72. The molecule has 1 heterocycles. The van der Waals surface area contributed by atoms with Gasteiger partial charge < -0.3 is 0 Å². The maximum atomic E-state index is 4.87. The average Bonchev–Trinajstić information content (AvgIpc) is 3.08. The van der Waals surface area contributed by atoms with Crippen LogP contribution in [0.1, 0.15) is 16.8 Å². The Labute approximate surface area is 151 Å². The van der Waals surface area contributed by atoms with Crippen molar-refractivity contribution in [2.24, 2.45) is 0 Å². The quantitative estimate of drug-likeness (QED) is 0.293. The maximum absolute atomic E-state index is 4.87. The van der Waals surface area contributed by atoms with Gasteiger partial charge >= 0.3 is 0 Å². The van der Waals surface area contributed by atoms with Gasteiger partial charge in [0.15, 0.2) is 0 Å². The zero-order valence-corrected chi connectivity index (χ0v) is 14.6. The standard InChI is InChI=1S/C25H17N/c1-15-21-14-22-19(25(21)20-8-4-5-9-23(20)26-15)13-12-17-11-10-16-6-2-3-7-18(16)24(17)22/h2-13H,14H2,1H3. The Morgan fingerprint density at radius 1 is 0.692 bits per heavy atom. The molecule has 122 valence electrons. The summed E-state index contributed by atoms with van der Waals surface area (Å²) in [6.45, 7) is 2.15. The molecule has 0 radical (unpaired) electrons. The van der Waals surface area contributed by atoms with Gasteiger partial charge in [0.1, 0.15) is 0 Å². The van der Waals surface area contributed by atoms with E-state index < -0.39 is 0 Å². The number of hydrogen-bond acceptors (Lipinski definition) is 1. The third-order valence-corrected chi connectivity index (χ3v) is 5.84. The predicted octanol–water partition coefficient (Wildman–Crippen LogP) is 6.42. The zero-order valence-electron chi connectivity index (χ0n) is 14.6. The van der Waals surface area contributed by atoms with E-state index >= 15 is 0 Å². The molecule has 0 amide bonds. The van der Waals surface area contributed by atoms with Crippen LogP contribution in [0.2, 0.25) is 0 Å². The van der Waals surface area contributed by atoms with Crippen LogP contribution in [-0.4, -0.2) is 4.98 Å². The highest BCUT2D eigenvalue weighted by molar-refractivity contribution is 6.13. The van der Waals surface area contributed by atoms with Gasteiger partial charge in [-0.15, -0.1) is 0 Å². The van der Waals surface area contributed by atoms with E-state index in [0.717, 1.165) is 17.6 Å². The summed E-state index contributed by atoms with van der Waals surface area (Å²) >= 11 is 0. The Balaban J connectivity index is 1.81. The molecule has 0 N–H and O–H groups in total. The largest absolute Gasteiger partial charge is 0.253 e. The fraction of sp³-hybridized carbons (Fsp3) is 0.0800. The summed E-state index contributed by atoms with van der Waals surface area (Å²) in [6, 6.07) is 26.3. The second-order valence-corrected chi connectivity index (χ2v) is 7.22. The molecule has 1 heteroatoms. The minimum Gasteiger partial charge on any atom is -0.253 e. The molecule has 4 aromatic carbocycles. The van der Waals surface area contributed by atoms with Crippen molar-refractivity contribution >= 4 is 32.4 Å². The lowest BCUT2D eigenvalue weighted by Crippen LogP contribution is -1.93. The predicted molar refractivity (Wildman–Crippen MR) is 110 cm³/mol. The second kappa shape index (κ2) is 4.92. The molecule has 0 unspecified atom stereocenters. The number of benzene rings is 4. The molecule has 1 aliphatic rings. The summed E-state index contributed by atoms with van der Waals surface area (Å²) in [5.74, 6) is 0. The van der Waals surface area contributed by atoms with Gasteiger partial charge in [0, 0.05) is 17.5 Å². The summed E-state index contributed by atoms with van der Waals surface area (Å²) in [4.78, 5) is 4.87. The average molecular weight is 331 g/mol. The van der Waals surface area contributed by atoms with E-state index in [1.807, 2.05) is 0 Å². The van der Waals surface area contributed by atoms with Gasteiger partial charge in [-0.3, -0.25) is 4.98 Å². The van der Waals surface area contributed by atoms with Gasteiger partial charge in [-0.25, -0.2) is 0 Å². The number of pyridine rings is 1. The summed E-state index contributed by atoms with van der Waals surface area (Å²) in [7, 11) is 0. The van der Waals surface area contributed by atoms with Crippen LogP contribution in [0.3, 0.4) is 0 Å². The van der Waals surface area contributed by atoms with E-state index in [2.05, 4.69) is 79.7 Å². The van der Waals surface area contributed by atoms with Crippen LogP contribution in [0.15, 0.2) is 72.8 Å². The molecule has 0 saturated carbocycles. The number of para-hydroxylation sites is 1. The van der Waals surface area contributed by atoms with Crippen molar-refractivity contribution in [1.82, 2.24) is 4.98 Å². The van der Waals surface area contributed by atoms with E-state index in [1.165, 1.54) is 49.2 Å². The Kier molecular flexibility index (Phi) is 2.66. The lowest BCUT2D eigenvalue weighted by molar-refractivity contribution is 1.15. The molecular formula is C25H17N. The van der Waals surface area contributed by atoms with Crippen molar-refractivity contribution < 1.29 is 0 Å². The van der Waals surface area contributed by atoms with Crippen molar-refractivity contribution in [3.8, 4) is 11.1 Å². The first-order valence-electron chi connectivity index (χ1n) is 9.13. The summed E-state index contributed by atoms with van der Waals surface area (Å²) in [5.41, 5.74) is 7.86. The molecule has 1 aliphatic carbocycles. The van der Waals surface area contributed by atoms with Gasteiger partial charge in [-0.2, -0.15) is 0 Å². The Morgan fingerprint density at radius 3 is 2.35 bits per heavy atom. The molecule has 0 fully saturated rings. The van der Waals surface area contributed by atoms with Crippen LogP contribution in [0.4, 0.5) is 0 Å². The van der Waals surface area contributed by atoms with Crippen molar-refractivity contribution in [3.63, 3.8) is 0 Å². The van der Waals surface area contributed by atoms with Crippen LogP contribution in [0.25, 0.3) is 43.6 Å². The first-order valence-corrected chi connectivity index (χ1v) is 9.13. The highest BCUT2D eigenvalue weighted by Crippen LogP contribution is 2.46. The molecule has 0 spiro atoms. The lowest BCUT2D eigenvalue weighted by atomic mass is 9.94. The fourth-order valence-electron chi connectivity index (χ4n) is 4.67. The van der Waals surface area contributed by atoms with E-state index in [4.69, 9.17) is 4.98 Å². The van der Waals surface area contributed by atoms with Crippen molar-refractivity contribution in [1.29, 1.82) is 0 Å². The van der Waals surface area contributed by atoms with Crippen molar-refractivity contribution in [3.05, 3.63) is 89.6 Å². The minimum absolute atomic E-state index is 0.972. The van der Waals surface area contributed by atoms with E-state index in [1.54, 1.807) is 0 Å². The number of nitrogens with zero attached hydrogens (tertiary/aromatic N) is 1. The Hall–Kier alpha value is -3.19. The number of aromatic nitrogens is 1. The second-order valence-electron chi connectivity index (χ2n) is 7.22. The van der Waals surface area contributed by atoms with Crippen LogP contribution in [0, 0.1) is 6.92 Å². The van der Waals surface area contributed by atoms with E-state index in [9.17, 15) is 0 Å². The molecule has 0 atom stereocenters. The number of aryl methyl sites for hydroxylation is 1. The Bertz CT molecular complexity index is 1360. The normalized spacial score (nSPS) is 12.7.